The van der Waals surface area contributed by atoms with Crippen molar-refractivity contribution in [2.24, 2.45) is 0 Å². The number of nitrogens with one attached hydrogen (secondary N) is 1. The third-order valence-electron chi connectivity index (χ3n) is 6.42. The summed E-state index contributed by atoms with van der Waals surface area (Å²) in [4.78, 5) is 29.1. The van der Waals surface area contributed by atoms with Crippen molar-refractivity contribution >= 4 is 28.3 Å². The summed E-state index contributed by atoms with van der Waals surface area (Å²) in [5.41, 5.74) is 3.13. The minimum absolute atomic E-state index is 0.0117. The highest BCUT2D eigenvalue weighted by Gasteiger charge is 2.18. The molecule has 8 nitrogen and oxygen atoms in total. The first kappa shape index (κ1) is 24.6. The molecule has 0 aliphatic carbocycles. The van der Waals surface area contributed by atoms with E-state index < -0.39 is 0 Å². The molecule has 1 N–H and O–H groups in total. The van der Waals surface area contributed by atoms with Gasteiger partial charge in [0.05, 0.1) is 25.9 Å². The monoisotopic (exact) mass is 479 g/mol. The van der Waals surface area contributed by atoms with Crippen LogP contribution in [0, 0.1) is 0 Å². The van der Waals surface area contributed by atoms with Crippen molar-refractivity contribution in [3.05, 3.63) is 58.4 Å². The van der Waals surface area contributed by atoms with Gasteiger partial charge in [-0.2, -0.15) is 0 Å². The molecule has 0 saturated carbocycles. The second kappa shape index (κ2) is 11.3. The van der Waals surface area contributed by atoms with E-state index in [9.17, 15) is 9.59 Å². The number of carbonyl (C=O) groups excluding carboxylic acids is 1. The Bertz CT molecular complexity index is 1230. The Kier molecular flexibility index (Phi) is 7.92. The van der Waals surface area contributed by atoms with Crippen molar-refractivity contribution in [3.8, 4) is 11.5 Å². The van der Waals surface area contributed by atoms with E-state index in [0.717, 1.165) is 56.9 Å². The Morgan fingerprint density at radius 1 is 1.03 bits per heavy atom. The van der Waals surface area contributed by atoms with E-state index in [2.05, 4.69) is 21.2 Å². The molecule has 0 unspecified atom stereocenters. The van der Waals surface area contributed by atoms with Crippen LogP contribution in [0.25, 0.3) is 11.0 Å². The number of hydrogen-bond acceptors (Lipinski definition) is 7. The summed E-state index contributed by atoms with van der Waals surface area (Å²) < 4.78 is 16.3. The lowest BCUT2D eigenvalue weighted by Crippen LogP contribution is -2.46. The topological polar surface area (TPSA) is 84.3 Å². The number of methoxy groups -OCH3 is 2. The number of ether oxygens (including phenoxy) is 2. The van der Waals surface area contributed by atoms with E-state index in [1.54, 1.807) is 32.6 Å². The number of hydrogen-bond donors (Lipinski definition) is 1. The van der Waals surface area contributed by atoms with Gasteiger partial charge in [0.15, 0.2) is 16.9 Å². The number of rotatable bonds is 9. The Morgan fingerprint density at radius 3 is 2.49 bits per heavy atom. The maximum atomic E-state index is 13.0. The average Bonchev–Trinajstić information content (AvgIpc) is 2.87. The first-order chi connectivity index (χ1) is 17.0. The summed E-state index contributed by atoms with van der Waals surface area (Å²) in [5, 5.41) is 3.36. The molecule has 0 radical (unpaired) electrons. The zero-order chi connectivity index (χ0) is 24.8. The molecule has 0 spiro atoms. The Labute approximate surface area is 205 Å². The van der Waals surface area contributed by atoms with Gasteiger partial charge in [-0.05, 0) is 50.1 Å². The summed E-state index contributed by atoms with van der Waals surface area (Å²) in [6.45, 7) is 6.40. The maximum Gasteiger partial charge on any atom is 0.221 e. The predicted octanol–water partition coefficient (Wildman–Crippen LogP) is 3.91. The second-order valence-electron chi connectivity index (χ2n) is 8.81. The summed E-state index contributed by atoms with van der Waals surface area (Å²) in [7, 11) is 3.11. The lowest BCUT2D eigenvalue weighted by atomic mass is 10.1. The van der Waals surface area contributed by atoms with Crippen molar-refractivity contribution in [2.75, 3.05) is 57.2 Å². The molecule has 1 saturated heterocycles. The van der Waals surface area contributed by atoms with Crippen LogP contribution in [-0.2, 0) is 11.2 Å². The van der Waals surface area contributed by atoms with Crippen LogP contribution < -0.4 is 25.1 Å². The molecular formula is C27H33N3O5. The van der Waals surface area contributed by atoms with Gasteiger partial charge in [0, 0.05) is 56.1 Å². The molecule has 2 aromatic carbocycles. The number of piperazine rings is 1. The summed E-state index contributed by atoms with van der Waals surface area (Å²) >= 11 is 0. The molecule has 4 rings (SSSR count). The van der Waals surface area contributed by atoms with Gasteiger partial charge < -0.3 is 24.1 Å². The van der Waals surface area contributed by atoms with Gasteiger partial charge >= 0.3 is 0 Å². The molecule has 2 heterocycles. The average molecular weight is 480 g/mol. The van der Waals surface area contributed by atoms with Crippen molar-refractivity contribution in [1.82, 2.24) is 4.90 Å². The standard InChI is InChI=1S/C27H33N3O5/c1-19(31)28-21-8-6-9-22(15-21)30-13-11-29(12-14-30)10-5-4-7-20-18-35-24-17-26(34-3)25(33-2)16-23(24)27(20)32/h6,8-9,15-18H,4-5,7,10-14H2,1-3H3,(H,28,31). The van der Waals surface area contributed by atoms with Crippen LogP contribution in [0.4, 0.5) is 11.4 Å². The van der Waals surface area contributed by atoms with Crippen molar-refractivity contribution in [2.45, 2.75) is 26.2 Å². The van der Waals surface area contributed by atoms with Gasteiger partial charge in [-0.15, -0.1) is 0 Å². The van der Waals surface area contributed by atoms with E-state index in [4.69, 9.17) is 13.9 Å². The molecule has 1 aromatic heterocycles. The van der Waals surface area contributed by atoms with Crippen LogP contribution in [0.15, 0.2) is 51.9 Å². The van der Waals surface area contributed by atoms with Gasteiger partial charge in [-0.3, -0.25) is 14.5 Å². The number of nitrogens with zero attached hydrogens (tertiary/aromatic N) is 2. The van der Waals surface area contributed by atoms with Gasteiger partial charge in [-0.25, -0.2) is 0 Å². The highest BCUT2D eigenvalue weighted by Crippen LogP contribution is 2.31. The fourth-order valence-electron chi connectivity index (χ4n) is 4.53. The van der Waals surface area contributed by atoms with Crippen LogP contribution in [0.1, 0.15) is 25.3 Å². The summed E-state index contributed by atoms with van der Waals surface area (Å²) in [5.74, 6) is 0.996. The highest BCUT2D eigenvalue weighted by molar-refractivity contribution is 5.89. The van der Waals surface area contributed by atoms with E-state index in [1.165, 1.54) is 6.92 Å². The number of aryl methyl sites for hydroxylation is 1. The lowest BCUT2D eigenvalue weighted by molar-refractivity contribution is -0.114. The molecule has 1 aliphatic heterocycles. The molecule has 8 heteroatoms. The zero-order valence-electron chi connectivity index (χ0n) is 20.6. The van der Waals surface area contributed by atoms with Crippen LogP contribution in [0.5, 0.6) is 11.5 Å². The largest absolute Gasteiger partial charge is 0.493 e. The van der Waals surface area contributed by atoms with E-state index in [0.29, 0.717) is 34.5 Å². The highest BCUT2D eigenvalue weighted by atomic mass is 16.5. The first-order valence-corrected chi connectivity index (χ1v) is 12.0. The molecule has 1 amide bonds. The zero-order valence-corrected chi connectivity index (χ0v) is 20.6. The van der Waals surface area contributed by atoms with Crippen molar-refractivity contribution < 1.29 is 18.7 Å². The molecule has 0 bridgehead atoms. The molecular weight excluding hydrogens is 446 g/mol. The third-order valence-corrected chi connectivity index (χ3v) is 6.42. The second-order valence-corrected chi connectivity index (χ2v) is 8.81. The SMILES string of the molecule is COc1cc2occ(CCCCN3CCN(c4cccc(NC(C)=O)c4)CC3)c(=O)c2cc1OC. The van der Waals surface area contributed by atoms with Crippen molar-refractivity contribution in [1.29, 1.82) is 0 Å². The third kappa shape index (κ3) is 5.95. The smallest absolute Gasteiger partial charge is 0.221 e. The van der Waals surface area contributed by atoms with E-state index >= 15 is 0 Å². The van der Waals surface area contributed by atoms with Crippen LogP contribution in [0.3, 0.4) is 0 Å². The molecule has 1 fully saturated rings. The number of benzene rings is 2. The minimum Gasteiger partial charge on any atom is -0.493 e. The fraction of sp³-hybridized carbons (Fsp3) is 0.407. The first-order valence-electron chi connectivity index (χ1n) is 12.0. The van der Waals surface area contributed by atoms with Gasteiger partial charge in [0.1, 0.15) is 5.58 Å². The van der Waals surface area contributed by atoms with Gasteiger partial charge in [-0.1, -0.05) is 6.07 Å². The molecule has 0 atom stereocenters. The van der Waals surface area contributed by atoms with Crippen LogP contribution in [0.2, 0.25) is 0 Å². The fourth-order valence-corrected chi connectivity index (χ4v) is 4.53. The van der Waals surface area contributed by atoms with E-state index in [-0.39, 0.29) is 11.3 Å². The Balaban J connectivity index is 1.27. The Morgan fingerprint density at radius 2 is 1.77 bits per heavy atom. The van der Waals surface area contributed by atoms with E-state index in [1.807, 2.05) is 18.2 Å². The molecule has 1 aliphatic rings. The Hall–Kier alpha value is -3.52. The van der Waals surface area contributed by atoms with Crippen LogP contribution in [-0.4, -0.2) is 57.8 Å². The summed E-state index contributed by atoms with van der Waals surface area (Å²) in [6, 6.07) is 11.4. The molecule has 3 aromatic rings. The van der Waals surface area contributed by atoms with Crippen LogP contribution >= 0.6 is 0 Å². The number of carbonyl (C=O) groups is 1. The normalized spacial score (nSPS) is 14.2. The maximum absolute atomic E-state index is 13.0. The predicted molar refractivity (Wildman–Crippen MR) is 138 cm³/mol. The van der Waals surface area contributed by atoms with Crippen molar-refractivity contribution in [3.63, 3.8) is 0 Å². The number of amides is 1. The number of anilines is 2. The number of fused-ring (bicyclic) bond motifs is 1. The van der Waals surface area contributed by atoms with Gasteiger partial charge in [0.2, 0.25) is 5.91 Å². The quantitative estimate of drug-likeness (QED) is 0.466. The van der Waals surface area contributed by atoms with Gasteiger partial charge in [0.25, 0.3) is 0 Å². The lowest BCUT2D eigenvalue weighted by Gasteiger charge is -2.36. The number of unbranched alkanes of at least 4 members (excludes halogenated alkanes) is 1. The minimum atomic E-state index is -0.0617. The summed E-state index contributed by atoms with van der Waals surface area (Å²) in [6.07, 6.45) is 4.19. The molecule has 186 valence electrons. The molecule has 35 heavy (non-hydrogen) atoms.